The maximum absolute atomic E-state index is 12.3. The van der Waals surface area contributed by atoms with Crippen molar-refractivity contribution < 1.29 is 18.3 Å². The van der Waals surface area contributed by atoms with Crippen LogP contribution in [0.4, 0.5) is 5.69 Å². The van der Waals surface area contributed by atoms with E-state index in [0.717, 1.165) is 0 Å². The van der Waals surface area contributed by atoms with Gasteiger partial charge in [-0.1, -0.05) is 19.1 Å². The van der Waals surface area contributed by atoms with Gasteiger partial charge in [-0.3, -0.25) is 4.79 Å². The SMILES string of the molecule is CCCNS(=O)(=O)c1ccccc1N1CCC(C(=O)O)C1. The van der Waals surface area contributed by atoms with Crippen molar-refractivity contribution in [2.45, 2.75) is 24.7 Å². The molecule has 2 rings (SSSR count). The minimum absolute atomic E-state index is 0.212. The molecule has 1 aromatic carbocycles. The number of carboxylic acid groups (broad SMARTS) is 1. The lowest BCUT2D eigenvalue weighted by Crippen LogP contribution is -2.28. The third kappa shape index (κ3) is 3.54. The average Bonchev–Trinajstić information content (AvgIpc) is 2.95. The zero-order valence-corrected chi connectivity index (χ0v) is 12.8. The summed E-state index contributed by atoms with van der Waals surface area (Å²) in [5.74, 6) is -1.27. The van der Waals surface area contributed by atoms with E-state index in [2.05, 4.69) is 4.72 Å². The van der Waals surface area contributed by atoms with Crippen molar-refractivity contribution in [1.29, 1.82) is 0 Å². The molecule has 1 atom stereocenters. The molecule has 0 aromatic heterocycles. The zero-order chi connectivity index (χ0) is 15.5. The van der Waals surface area contributed by atoms with Gasteiger partial charge in [-0.15, -0.1) is 0 Å². The number of sulfonamides is 1. The van der Waals surface area contributed by atoms with Crippen LogP contribution in [-0.2, 0) is 14.8 Å². The molecule has 0 saturated carbocycles. The summed E-state index contributed by atoms with van der Waals surface area (Å²) in [5, 5.41) is 9.07. The van der Waals surface area contributed by atoms with E-state index in [4.69, 9.17) is 5.11 Å². The number of para-hydroxylation sites is 1. The lowest BCUT2D eigenvalue weighted by molar-refractivity contribution is -0.140. The van der Waals surface area contributed by atoms with Crippen LogP contribution in [0.3, 0.4) is 0 Å². The molecule has 1 aromatic rings. The fourth-order valence-corrected chi connectivity index (χ4v) is 3.80. The summed E-state index contributed by atoms with van der Waals surface area (Å²) >= 11 is 0. The Kier molecular flexibility index (Phi) is 4.84. The molecule has 1 saturated heterocycles. The van der Waals surface area contributed by atoms with Gasteiger partial charge in [-0.2, -0.15) is 0 Å². The number of carbonyl (C=O) groups is 1. The number of aliphatic carboxylic acids is 1. The van der Waals surface area contributed by atoms with Crippen molar-refractivity contribution in [3.05, 3.63) is 24.3 Å². The maximum atomic E-state index is 12.3. The number of benzene rings is 1. The van der Waals surface area contributed by atoms with Gasteiger partial charge in [0.1, 0.15) is 4.90 Å². The van der Waals surface area contributed by atoms with Crippen LogP contribution in [0.25, 0.3) is 0 Å². The molecule has 0 aliphatic carbocycles. The van der Waals surface area contributed by atoms with Gasteiger partial charge in [0.25, 0.3) is 0 Å². The lowest BCUT2D eigenvalue weighted by Gasteiger charge is -2.21. The predicted octanol–water partition coefficient (Wildman–Crippen LogP) is 1.29. The predicted molar refractivity (Wildman–Crippen MR) is 79.9 cm³/mol. The van der Waals surface area contributed by atoms with E-state index in [1.165, 1.54) is 0 Å². The van der Waals surface area contributed by atoms with Crippen molar-refractivity contribution in [2.24, 2.45) is 5.92 Å². The molecule has 1 heterocycles. The van der Waals surface area contributed by atoms with Crippen molar-refractivity contribution in [3.63, 3.8) is 0 Å². The Morgan fingerprint density at radius 3 is 2.76 bits per heavy atom. The third-order valence-corrected chi connectivity index (χ3v) is 5.08. The van der Waals surface area contributed by atoms with Crippen LogP contribution in [0, 0.1) is 5.92 Å². The Morgan fingerprint density at radius 2 is 2.14 bits per heavy atom. The topological polar surface area (TPSA) is 86.7 Å². The van der Waals surface area contributed by atoms with E-state index in [0.29, 0.717) is 38.2 Å². The molecular formula is C14H20N2O4S. The molecule has 1 fully saturated rings. The van der Waals surface area contributed by atoms with Crippen molar-refractivity contribution in [3.8, 4) is 0 Å². The first-order valence-corrected chi connectivity index (χ1v) is 8.50. The summed E-state index contributed by atoms with van der Waals surface area (Å²) in [5.41, 5.74) is 0.574. The van der Waals surface area contributed by atoms with Crippen LogP contribution in [-0.4, -0.2) is 39.1 Å². The van der Waals surface area contributed by atoms with Gasteiger partial charge in [-0.25, -0.2) is 13.1 Å². The van der Waals surface area contributed by atoms with Crippen molar-refractivity contribution in [1.82, 2.24) is 4.72 Å². The maximum Gasteiger partial charge on any atom is 0.308 e. The highest BCUT2D eigenvalue weighted by Gasteiger charge is 2.31. The Morgan fingerprint density at radius 1 is 1.43 bits per heavy atom. The highest BCUT2D eigenvalue weighted by molar-refractivity contribution is 7.89. The molecule has 1 aliphatic heterocycles. The Bertz CT molecular complexity index is 615. The zero-order valence-electron chi connectivity index (χ0n) is 11.9. The minimum atomic E-state index is -3.57. The van der Waals surface area contributed by atoms with E-state index in [9.17, 15) is 13.2 Å². The van der Waals surface area contributed by atoms with Crippen LogP contribution in [0.2, 0.25) is 0 Å². The molecule has 6 nitrogen and oxygen atoms in total. The van der Waals surface area contributed by atoms with Crippen molar-refractivity contribution in [2.75, 3.05) is 24.5 Å². The van der Waals surface area contributed by atoms with Gasteiger partial charge in [0.15, 0.2) is 0 Å². The average molecular weight is 312 g/mol. The Balaban J connectivity index is 2.28. The second-order valence-electron chi connectivity index (χ2n) is 5.14. The number of hydrogen-bond donors (Lipinski definition) is 2. The number of nitrogens with zero attached hydrogens (tertiary/aromatic N) is 1. The Hall–Kier alpha value is -1.60. The molecule has 0 radical (unpaired) electrons. The standard InChI is InChI=1S/C14H20N2O4S/c1-2-8-15-21(19,20)13-6-4-3-5-12(13)16-9-7-11(10-16)14(17)18/h3-6,11,15H,2,7-10H2,1H3,(H,17,18). The smallest absolute Gasteiger partial charge is 0.308 e. The summed E-state index contributed by atoms with van der Waals surface area (Å²) < 4.78 is 27.2. The molecule has 0 amide bonds. The van der Waals surface area contributed by atoms with Gasteiger partial charge in [0, 0.05) is 19.6 Å². The van der Waals surface area contributed by atoms with E-state index in [1.54, 1.807) is 24.3 Å². The molecule has 1 aliphatic rings. The number of nitrogens with one attached hydrogen (secondary N) is 1. The van der Waals surface area contributed by atoms with Crippen LogP contribution < -0.4 is 9.62 Å². The Labute approximate surface area is 124 Å². The molecule has 2 N–H and O–H groups in total. The monoisotopic (exact) mass is 312 g/mol. The molecule has 0 bridgehead atoms. The summed E-state index contributed by atoms with van der Waals surface area (Å²) in [6.45, 7) is 3.17. The van der Waals surface area contributed by atoms with E-state index in [-0.39, 0.29) is 4.90 Å². The summed E-state index contributed by atoms with van der Waals surface area (Å²) in [6.07, 6.45) is 1.25. The van der Waals surface area contributed by atoms with Crippen LogP contribution in [0.5, 0.6) is 0 Å². The highest BCUT2D eigenvalue weighted by atomic mass is 32.2. The first-order valence-electron chi connectivity index (χ1n) is 7.02. The van der Waals surface area contributed by atoms with E-state index >= 15 is 0 Å². The van der Waals surface area contributed by atoms with Crippen LogP contribution >= 0.6 is 0 Å². The van der Waals surface area contributed by atoms with Crippen LogP contribution in [0.1, 0.15) is 19.8 Å². The lowest BCUT2D eigenvalue weighted by atomic mass is 10.1. The van der Waals surface area contributed by atoms with Crippen LogP contribution in [0.15, 0.2) is 29.2 Å². The van der Waals surface area contributed by atoms with Crippen molar-refractivity contribution >= 4 is 21.7 Å². The fraction of sp³-hybridized carbons (Fsp3) is 0.500. The highest BCUT2D eigenvalue weighted by Crippen LogP contribution is 2.29. The molecule has 116 valence electrons. The normalized spacial score (nSPS) is 18.9. The number of rotatable bonds is 6. The molecular weight excluding hydrogens is 292 g/mol. The first-order chi connectivity index (χ1) is 9.95. The van der Waals surface area contributed by atoms with Gasteiger partial charge < -0.3 is 10.0 Å². The summed E-state index contributed by atoms with van der Waals surface area (Å²) in [7, 11) is -3.57. The second kappa shape index (κ2) is 6.44. The van der Waals surface area contributed by atoms with Gasteiger partial charge in [-0.05, 0) is 25.0 Å². The fourth-order valence-electron chi connectivity index (χ4n) is 2.44. The van der Waals surface area contributed by atoms with E-state index in [1.807, 2.05) is 11.8 Å². The molecule has 21 heavy (non-hydrogen) atoms. The number of carboxylic acids is 1. The third-order valence-electron chi connectivity index (χ3n) is 3.58. The quantitative estimate of drug-likeness (QED) is 0.826. The summed E-state index contributed by atoms with van der Waals surface area (Å²) in [6, 6.07) is 6.73. The van der Waals surface area contributed by atoms with Gasteiger partial charge in [0.2, 0.25) is 10.0 Å². The van der Waals surface area contributed by atoms with Gasteiger partial charge >= 0.3 is 5.97 Å². The molecule has 7 heteroatoms. The summed E-state index contributed by atoms with van der Waals surface area (Å²) in [4.78, 5) is 13.1. The second-order valence-corrected chi connectivity index (χ2v) is 6.87. The van der Waals surface area contributed by atoms with Gasteiger partial charge in [0.05, 0.1) is 11.6 Å². The largest absolute Gasteiger partial charge is 0.481 e. The molecule has 1 unspecified atom stereocenters. The number of anilines is 1. The molecule has 0 spiro atoms. The number of hydrogen-bond acceptors (Lipinski definition) is 4. The van der Waals surface area contributed by atoms with E-state index < -0.39 is 21.9 Å². The first kappa shape index (κ1) is 15.8. The minimum Gasteiger partial charge on any atom is -0.481 e.